The van der Waals surface area contributed by atoms with Gasteiger partial charge in [-0.3, -0.25) is 4.79 Å². The van der Waals surface area contributed by atoms with E-state index < -0.39 is 0 Å². The van der Waals surface area contributed by atoms with Crippen LogP contribution in [0.15, 0.2) is 18.2 Å². The Morgan fingerprint density at radius 2 is 2.23 bits per heavy atom. The molecule has 122 valence electrons. The van der Waals surface area contributed by atoms with Gasteiger partial charge < -0.3 is 20.1 Å². The normalized spacial score (nSPS) is 17.8. The molecule has 1 aliphatic rings. The Kier molecular flexibility index (Phi) is 6.52. The summed E-state index contributed by atoms with van der Waals surface area (Å²) in [5, 5.41) is 6.40. The number of hydrogen-bond donors (Lipinski definition) is 2. The average Bonchev–Trinajstić information content (AvgIpc) is 2.55. The molecule has 1 unspecified atom stereocenters. The molecule has 0 saturated carbocycles. The van der Waals surface area contributed by atoms with E-state index in [1.807, 2.05) is 18.2 Å². The van der Waals surface area contributed by atoms with Crippen LogP contribution in [0.1, 0.15) is 24.8 Å². The van der Waals surface area contributed by atoms with Crippen molar-refractivity contribution < 1.29 is 14.3 Å². The number of methoxy groups -OCH3 is 2. The maximum atomic E-state index is 12.1. The summed E-state index contributed by atoms with van der Waals surface area (Å²) in [6.07, 6.45) is 3.84. The van der Waals surface area contributed by atoms with Gasteiger partial charge in [0.05, 0.1) is 20.6 Å². The van der Waals surface area contributed by atoms with E-state index in [1.165, 1.54) is 12.8 Å². The van der Waals surface area contributed by atoms with Gasteiger partial charge in [0.1, 0.15) is 11.5 Å². The summed E-state index contributed by atoms with van der Waals surface area (Å²) in [5.74, 6) is 2.15. The average molecular weight is 306 g/mol. The molecule has 2 rings (SSSR count). The molecule has 5 nitrogen and oxygen atoms in total. The first-order valence-electron chi connectivity index (χ1n) is 7.91. The highest BCUT2D eigenvalue weighted by Gasteiger charge is 2.14. The number of carbonyl (C=O) groups excluding carboxylic acids is 1. The molecule has 1 aromatic rings. The molecule has 1 atom stereocenters. The SMILES string of the molecule is COc1ccc(OC)c(CC(=O)NCCC2CCCNC2)c1. The lowest BCUT2D eigenvalue weighted by molar-refractivity contribution is -0.120. The van der Waals surface area contributed by atoms with Crippen LogP contribution in [0.3, 0.4) is 0 Å². The number of carbonyl (C=O) groups is 1. The van der Waals surface area contributed by atoms with Crippen LogP contribution >= 0.6 is 0 Å². The lowest BCUT2D eigenvalue weighted by Gasteiger charge is -2.22. The Bertz CT molecular complexity index is 485. The Hall–Kier alpha value is -1.75. The number of benzene rings is 1. The maximum Gasteiger partial charge on any atom is 0.224 e. The molecule has 0 bridgehead atoms. The summed E-state index contributed by atoms with van der Waals surface area (Å²) in [5.41, 5.74) is 0.846. The van der Waals surface area contributed by atoms with Gasteiger partial charge in [-0.2, -0.15) is 0 Å². The van der Waals surface area contributed by atoms with Gasteiger partial charge in [0.2, 0.25) is 5.91 Å². The van der Waals surface area contributed by atoms with Gasteiger partial charge >= 0.3 is 0 Å². The quantitative estimate of drug-likeness (QED) is 0.806. The minimum Gasteiger partial charge on any atom is -0.497 e. The third-order valence-corrected chi connectivity index (χ3v) is 4.11. The summed E-state index contributed by atoms with van der Waals surface area (Å²) in [7, 11) is 3.23. The summed E-state index contributed by atoms with van der Waals surface area (Å²) < 4.78 is 10.5. The second-order valence-corrected chi connectivity index (χ2v) is 5.71. The smallest absolute Gasteiger partial charge is 0.224 e. The highest BCUT2D eigenvalue weighted by Crippen LogP contribution is 2.24. The van der Waals surface area contributed by atoms with Crippen molar-refractivity contribution in [2.75, 3.05) is 33.9 Å². The largest absolute Gasteiger partial charge is 0.497 e. The number of rotatable bonds is 7. The lowest BCUT2D eigenvalue weighted by Crippen LogP contribution is -2.33. The van der Waals surface area contributed by atoms with Crippen molar-refractivity contribution in [3.63, 3.8) is 0 Å². The fraction of sp³-hybridized carbons (Fsp3) is 0.588. The fourth-order valence-corrected chi connectivity index (χ4v) is 2.84. The molecule has 1 fully saturated rings. The molecule has 5 heteroatoms. The van der Waals surface area contributed by atoms with Gasteiger partial charge in [-0.25, -0.2) is 0 Å². The first kappa shape index (κ1) is 16.6. The second kappa shape index (κ2) is 8.63. The highest BCUT2D eigenvalue weighted by atomic mass is 16.5. The molecule has 0 aliphatic carbocycles. The topological polar surface area (TPSA) is 59.6 Å². The molecule has 1 amide bonds. The number of amides is 1. The number of piperidine rings is 1. The molecule has 2 N–H and O–H groups in total. The summed E-state index contributed by atoms with van der Waals surface area (Å²) >= 11 is 0. The van der Waals surface area contributed by atoms with E-state index in [2.05, 4.69) is 10.6 Å². The van der Waals surface area contributed by atoms with Gasteiger partial charge in [-0.1, -0.05) is 0 Å². The third kappa shape index (κ3) is 4.91. The summed E-state index contributed by atoms with van der Waals surface area (Å²) in [4.78, 5) is 12.1. The Morgan fingerprint density at radius 1 is 1.36 bits per heavy atom. The van der Waals surface area contributed by atoms with Crippen LogP contribution in [0.25, 0.3) is 0 Å². The molecule has 1 aliphatic heterocycles. The maximum absolute atomic E-state index is 12.1. The predicted molar refractivity (Wildman–Crippen MR) is 86.5 cm³/mol. The van der Waals surface area contributed by atoms with Crippen LogP contribution in [0, 0.1) is 5.92 Å². The van der Waals surface area contributed by atoms with Gasteiger partial charge in [-0.15, -0.1) is 0 Å². The zero-order chi connectivity index (χ0) is 15.8. The highest BCUT2D eigenvalue weighted by molar-refractivity contribution is 5.79. The second-order valence-electron chi connectivity index (χ2n) is 5.71. The Balaban J connectivity index is 1.80. The minimum absolute atomic E-state index is 0.0234. The molecule has 1 heterocycles. The van der Waals surface area contributed by atoms with Crippen molar-refractivity contribution in [1.29, 1.82) is 0 Å². The Morgan fingerprint density at radius 3 is 2.91 bits per heavy atom. The van der Waals surface area contributed by atoms with Gasteiger partial charge in [0, 0.05) is 12.1 Å². The molecule has 22 heavy (non-hydrogen) atoms. The van der Waals surface area contributed by atoms with Crippen molar-refractivity contribution in [3.05, 3.63) is 23.8 Å². The standard InChI is InChI=1S/C17H26N2O3/c1-21-15-5-6-16(22-2)14(10-15)11-17(20)19-9-7-13-4-3-8-18-12-13/h5-6,10,13,18H,3-4,7-9,11-12H2,1-2H3,(H,19,20). The van der Waals surface area contributed by atoms with Crippen molar-refractivity contribution in [2.45, 2.75) is 25.7 Å². The molecule has 0 aromatic heterocycles. The van der Waals surface area contributed by atoms with Crippen LogP contribution in [0.4, 0.5) is 0 Å². The van der Waals surface area contributed by atoms with E-state index in [0.717, 1.165) is 37.4 Å². The van der Waals surface area contributed by atoms with Crippen molar-refractivity contribution in [1.82, 2.24) is 10.6 Å². The van der Waals surface area contributed by atoms with Crippen LogP contribution in [0.2, 0.25) is 0 Å². The first-order chi connectivity index (χ1) is 10.7. The van der Waals surface area contributed by atoms with E-state index in [0.29, 0.717) is 18.1 Å². The molecule has 0 radical (unpaired) electrons. The van der Waals surface area contributed by atoms with Gasteiger partial charge in [0.25, 0.3) is 0 Å². The van der Waals surface area contributed by atoms with E-state index in [4.69, 9.17) is 9.47 Å². The zero-order valence-electron chi connectivity index (χ0n) is 13.5. The van der Waals surface area contributed by atoms with Crippen molar-refractivity contribution in [2.24, 2.45) is 5.92 Å². The van der Waals surface area contributed by atoms with E-state index >= 15 is 0 Å². The number of ether oxygens (including phenoxy) is 2. The van der Waals surface area contributed by atoms with Gasteiger partial charge in [-0.05, 0) is 56.5 Å². The van der Waals surface area contributed by atoms with Crippen LogP contribution in [-0.2, 0) is 11.2 Å². The van der Waals surface area contributed by atoms with Crippen LogP contribution in [0.5, 0.6) is 11.5 Å². The Labute approximate surface area is 132 Å². The summed E-state index contributed by atoms with van der Waals surface area (Å²) in [6, 6.07) is 5.51. The number of nitrogens with one attached hydrogen (secondary N) is 2. The van der Waals surface area contributed by atoms with E-state index in [9.17, 15) is 4.79 Å². The molecule has 1 aromatic carbocycles. The summed E-state index contributed by atoms with van der Waals surface area (Å²) in [6.45, 7) is 2.93. The monoisotopic (exact) mass is 306 g/mol. The van der Waals surface area contributed by atoms with Gasteiger partial charge in [0.15, 0.2) is 0 Å². The van der Waals surface area contributed by atoms with Crippen LogP contribution < -0.4 is 20.1 Å². The molecule has 0 spiro atoms. The molecule has 1 saturated heterocycles. The zero-order valence-corrected chi connectivity index (χ0v) is 13.5. The first-order valence-corrected chi connectivity index (χ1v) is 7.91. The molecular formula is C17H26N2O3. The van der Waals surface area contributed by atoms with E-state index in [1.54, 1.807) is 14.2 Å². The predicted octanol–water partition coefficient (Wildman–Crippen LogP) is 1.75. The third-order valence-electron chi connectivity index (χ3n) is 4.11. The van der Waals surface area contributed by atoms with Crippen molar-refractivity contribution in [3.8, 4) is 11.5 Å². The van der Waals surface area contributed by atoms with Crippen molar-refractivity contribution >= 4 is 5.91 Å². The number of hydrogen-bond acceptors (Lipinski definition) is 4. The molecular weight excluding hydrogens is 280 g/mol. The van der Waals surface area contributed by atoms with Crippen LogP contribution in [-0.4, -0.2) is 39.8 Å². The minimum atomic E-state index is 0.0234. The van der Waals surface area contributed by atoms with E-state index in [-0.39, 0.29) is 5.91 Å². The lowest BCUT2D eigenvalue weighted by atomic mass is 9.96. The fourth-order valence-electron chi connectivity index (χ4n) is 2.84.